The van der Waals surface area contributed by atoms with E-state index in [1.165, 1.54) is 5.69 Å². The Morgan fingerprint density at radius 3 is 2.82 bits per heavy atom. The number of ether oxygens (including phenoxy) is 3. The van der Waals surface area contributed by atoms with Crippen molar-refractivity contribution in [1.29, 1.82) is 0 Å². The highest BCUT2D eigenvalue weighted by atomic mass is 35.5. The number of fused-ring (bicyclic) bond motifs is 1. The molecule has 0 saturated carbocycles. The number of carbonyl (C=O) groups is 1. The van der Waals surface area contributed by atoms with Crippen molar-refractivity contribution in [3.63, 3.8) is 0 Å². The molecule has 0 radical (unpaired) electrons. The van der Waals surface area contributed by atoms with Gasteiger partial charge in [-0.15, -0.1) is 23.7 Å². The van der Waals surface area contributed by atoms with Crippen molar-refractivity contribution in [2.45, 2.75) is 38.0 Å². The predicted molar refractivity (Wildman–Crippen MR) is 149 cm³/mol. The van der Waals surface area contributed by atoms with Gasteiger partial charge < -0.3 is 29.5 Å². The van der Waals surface area contributed by atoms with Crippen molar-refractivity contribution in [1.82, 2.24) is 9.97 Å². The Bertz CT molecular complexity index is 1200. The molecule has 0 unspecified atom stereocenters. The van der Waals surface area contributed by atoms with E-state index in [1.807, 2.05) is 30.5 Å². The Kier molecular flexibility index (Phi) is 10.0. The summed E-state index contributed by atoms with van der Waals surface area (Å²) in [5.41, 5.74) is 3.04. The Hall–Kier alpha value is -3.08. The summed E-state index contributed by atoms with van der Waals surface area (Å²) >= 11 is 1.65. The topological polar surface area (TPSA) is 106 Å². The second-order valence-electron chi connectivity index (χ2n) is 9.23. The van der Waals surface area contributed by atoms with Crippen molar-refractivity contribution in [2.24, 2.45) is 0 Å². The zero-order chi connectivity index (χ0) is 25.5. The number of halogens is 1. The third-order valence-electron chi connectivity index (χ3n) is 6.59. The van der Waals surface area contributed by atoms with Gasteiger partial charge in [-0.3, -0.25) is 4.79 Å². The first kappa shape index (κ1) is 27.9. The maximum Gasteiger partial charge on any atom is 0.303 e. The van der Waals surface area contributed by atoms with Gasteiger partial charge in [0.05, 0.1) is 30.3 Å². The molecule has 11 heteroatoms. The van der Waals surface area contributed by atoms with E-state index in [2.05, 4.69) is 26.6 Å². The van der Waals surface area contributed by atoms with Crippen LogP contribution >= 0.6 is 23.7 Å². The lowest BCUT2D eigenvalue weighted by Crippen LogP contribution is -2.36. The Labute approximate surface area is 232 Å². The fourth-order valence-corrected chi connectivity index (χ4v) is 5.50. The van der Waals surface area contributed by atoms with Crippen molar-refractivity contribution in [2.75, 3.05) is 49.9 Å². The van der Waals surface area contributed by atoms with E-state index in [4.69, 9.17) is 19.2 Å². The van der Waals surface area contributed by atoms with Gasteiger partial charge in [0.15, 0.2) is 11.5 Å². The minimum Gasteiger partial charge on any atom is -0.481 e. The average molecular weight is 561 g/mol. The van der Waals surface area contributed by atoms with Crippen LogP contribution < -0.4 is 19.7 Å². The monoisotopic (exact) mass is 560 g/mol. The lowest BCUT2D eigenvalue weighted by Gasteiger charge is -2.29. The number of aromatic nitrogens is 2. The van der Waals surface area contributed by atoms with Gasteiger partial charge in [0, 0.05) is 48.9 Å². The molecule has 1 saturated heterocycles. The van der Waals surface area contributed by atoms with Crippen LogP contribution in [0.2, 0.25) is 0 Å². The second-order valence-corrected chi connectivity index (χ2v) is 10.2. The van der Waals surface area contributed by atoms with Crippen LogP contribution in [0.3, 0.4) is 0 Å². The van der Waals surface area contributed by atoms with Crippen molar-refractivity contribution in [3.05, 3.63) is 58.2 Å². The molecular weight excluding hydrogens is 528 g/mol. The first-order valence-electron chi connectivity index (χ1n) is 12.7. The van der Waals surface area contributed by atoms with E-state index in [1.54, 1.807) is 11.3 Å². The van der Waals surface area contributed by atoms with Gasteiger partial charge in [-0.2, -0.15) is 0 Å². The molecule has 9 nitrogen and oxygen atoms in total. The fraction of sp³-hybridized carbons (Fsp3) is 0.444. The molecule has 0 bridgehead atoms. The van der Waals surface area contributed by atoms with Crippen molar-refractivity contribution in [3.8, 4) is 11.5 Å². The number of hydrogen-bond acceptors (Lipinski definition) is 9. The summed E-state index contributed by atoms with van der Waals surface area (Å²) in [6.45, 7) is 4.40. The van der Waals surface area contributed by atoms with E-state index in [0.717, 1.165) is 74.2 Å². The molecule has 0 amide bonds. The molecule has 1 aromatic carbocycles. The van der Waals surface area contributed by atoms with E-state index in [-0.39, 0.29) is 31.5 Å². The van der Waals surface area contributed by atoms with Crippen LogP contribution in [0.25, 0.3) is 0 Å². The third kappa shape index (κ3) is 7.49. The summed E-state index contributed by atoms with van der Waals surface area (Å²) in [6.07, 6.45) is 5.40. The quantitative estimate of drug-likeness (QED) is 0.303. The van der Waals surface area contributed by atoms with E-state index >= 15 is 0 Å². The van der Waals surface area contributed by atoms with Crippen LogP contribution in [0.5, 0.6) is 11.5 Å². The van der Waals surface area contributed by atoms with Crippen LogP contribution in [-0.4, -0.2) is 60.7 Å². The normalized spacial score (nSPS) is 15.1. The maximum atomic E-state index is 11.5. The Morgan fingerprint density at radius 1 is 1.13 bits per heavy atom. The molecule has 4 heterocycles. The van der Waals surface area contributed by atoms with Gasteiger partial charge in [0.25, 0.3) is 0 Å². The number of hydrogen-bond donors (Lipinski definition) is 2. The number of carboxylic acid groups (broad SMARTS) is 1. The fourth-order valence-electron chi connectivity index (χ4n) is 4.65. The van der Waals surface area contributed by atoms with Crippen LogP contribution in [0.1, 0.15) is 41.4 Å². The average Bonchev–Trinajstić information content (AvgIpc) is 3.57. The summed E-state index contributed by atoms with van der Waals surface area (Å²) in [6, 6.07) is 9.81. The molecule has 1 fully saturated rings. The van der Waals surface area contributed by atoms with Gasteiger partial charge in [0.1, 0.15) is 5.82 Å². The molecule has 204 valence electrons. The maximum absolute atomic E-state index is 11.5. The van der Waals surface area contributed by atoms with Crippen LogP contribution in [0.15, 0.2) is 41.9 Å². The summed E-state index contributed by atoms with van der Waals surface area (Å²) in [5, 5.41) is 16.0. The number of rotatable bonds is 12. The highest BCUT2D eigenvalue weighted by molar-refractivity contribution is 7.09. The van der Waals surface area contributed by atoms with Gasteiger partial charge in [-0.25, -0.2) is 9.97 Å². The van der Waals surface area contributed by atoms with E-state index in [9.17, 15) is 9.90 Å². The Morgan fingerprint density at radius 2 is 1.97 bits per heavy atom. The summed E-state index contributed by atoms with van der Waals surface area (Å²) < 4.78 is 16.3. The summed E-state index contributed by atoms with van der Waals surface area (Å²) in [4.78, 5) is 23.1. The molecule has 38 heavy (non-hydrogen) atoms. The summed E-state index contributed by atoms with van der Waals surface area (Å²) in [5.74, 6) is 1.27. The molecule has 5 rings (SSSR count). The highest BCUT2D eigenvalue weighted by Crippen LogP contribution is 2.36. The molecule has 2 aromatic heterocycles. The zero-order valence-electron chi connectivity index (χ0n) is 21.1. The molecule has 2 aliphatic rings. The number of carboxylic acids is 1. The number of aryl methyl sites for hydroxylation is 1. The first-order valence-corrected chi connectivity index (χ1v) is 13.6. The van der Waals surface area contributed by atoms with Gasteiger partial charge in [0.2, 0.25) is 6.79 Å². The van der Waals surface area contributed by atoms with Crippen LogP contribution in [0.4, 0.5) is 11.5 Å². The number of benzene rings is 1. The number of pyridine rings is 1. The molecule has 2 aliphatic heterocycles. The summed E-state index contributed by atoms with van der Waals surface area (Å²) in [7, 11) is 0. The molecular formula is C27H33ClN4O5S. The molecule has 2 N–H and O–H groups in total. The molecule has 3 aromatic rings. The number of thiazole rings is 1. The smallest absolute Gasteiger partial charge is 0.303 e. The van der Waals surface area contributed by atoms with Crippen LogP contribution in [0, 0.1) is 0 Å². The van der Waals surface area contributed by atoms with Crippen molar-refractivity contribution < 1.29 is 24.1 Å². The molecule has 0 aliphatic carbocycles. The van der Waals surface area contributed by atoms with Gasteiger partial charge >= 0.3 is 5.97 Å². The van der Waals surface area contributed by atoms with Crippen molar-refractivity contribution >= 4 is 41.2 Å². The number of morpholine rings is 1. The minimum atomic E-state index is -0.824. The minimum absolute atomic E-state index is 0. The standard InChI is InChI=1S/C27H32N4O5S.ClH/c32-27(33)15-20(19-4-5-23-24(14-19)36-18-35-23)13-21-17-37-26(30-21)3-1-2-7-28-25-16-22(6-8-29-25)31-9-11-34-12-10-31;/h4-6,8,14,16-17,20H,1-3,7,9-13,15,18H2,(H,28,29)(H,32,33);1H/t20-;/m0./s1. The number of nitrogens with one attached hydrogen (secondary N) is 1. The largest absolute Gasteiger partial charge is 0.481 e. The van der Waals surface area contributed by atoms with Gasteiger partial charge in [-0.05, 0) is 49.4 Å². The highest BCUT2D eigenvalue weighted by Gasteiger charge is 2.22. The number of aliphatic carboxylic acids is 1. The Balaban J connectivity index is 0.00000336. The lowest BCUT2D eigenvalue weighted by atomic mass is 9.91. The lowest BCUT2D eigenvalue weighted by molar-refractivity contribution is -0.137. The predicted octanol–water partition coefficient (Wildman–Crippen LogP) is 4.76. The number of unbranched alkanes of at least 4 members (excludes halogenated alkanes) is 1. The number of nitrogens with zero attached hydrogens (tertiary/aromatic N) is 3. The van der Waals surface area contributed by atoms with E-state index < -0.39 is 5.97 Å². The van der Waals surface area contributed by atoms with Crippen LogP contribution in [-0.2, 0) is 22.4 Å². The van der Waals surface area contributed by atoms with Gasteiger partial charge in [-0.1, -0.05) is 6.07 Å². The van der Waals surface area contributed by atoms with E-state index in [0.29, 0.717) is 17.9 Å². The second kappa shape index (κ2) is 13.6. The number of anilines is 2. The first-order chi connectivity index (χ1) is 18.1. The zero-order valence-corrected chi connectivity index (χ0v) is 22.8. The third-order valence-corrected chi connectivity index (χ3v) is 7.54. The SMILES string of the molecule is Cl.O=C(O)C[C@H](Cc1csc(CCCCNc2cc(N3CCOCC3)ccn2)n1)c1ccc2c(c1)OCO2. The molecule has 1 atom stereocenters. The molecule has 0 spiro atoms.